The van der Waals surface area contributed by atoms with Crippen LogP contribution < -0.4 is 9.47 Å². The molecule has 0 aliphatic rings. The van der Waals surface area contributed by atoms with E-state index in [9.17, 15) is 4.79 Å². The van der Waals surface area contributed by atoms with E-state index in [1.807, 2.05) is 0 Å². The van der Waals surface area contributed by atoms with Crippen molar-refractivity contribution in [2.75, 3.05) is 6.61 Å². The van der Waals surface area contributed by atoms with Crippen molar-refractivity contribution in [1.82, 2.24) is 0 Å². The Labute approximate surface area is 109 Å². The predicted molar refractivity (Wildman–Crippen MR) is 67.3 cm³/mol. The minimum Gasteiger partial charge on any atom is -0.508 e. The summed E-state index contributed by atoms with van der Waals surface area (Å²) in [5.41, 5.74) is 0. The molecule has 0 radical (unpaired) electrons. The number of benzene rings is 2. The second-order valence-corrected chi connectivity index (χ2v) is 3.75. The van der Waals surface area contributed by atoms with Gasteiger partial charge in [-0.15, -0.1) is 0 Å². The van der Waals surface area contributed by atoms with Gasteiger partial charge in [0.2, 0.25) is 0 Å². The van der Waals surface area contributed by atoms with Gasteiger partial charge >= 0.3 is 5.97 Å². The summed E-state index contributed by atoms with van der Waals surface area (Å²) in [7, 11) is 0. The molecule has 2 rings (SSSR count). The number of hydrogen-bond acceptors (Lipinski definition) is 5. The summed E-state index contributed by atoms with van der Waals surface area (Å²) in [5, 5.41) is 18.2. The standard InChI is InChI=1S/C14H12O5/c15-10-1-5-12(6-2-10)18-9-14(17)19-13-7-3-11(16)4-8-13/h1-8,15-16H,9H2. The van der Waals surface area contributed by atoms with Crippen molar-refractivity contribution in [3.8, 4) is 23.0 Å². The summed E-state index contributed by atoms with van der Waals surface area (Å²) in [6, 6.07) is 11.8. The van der Waals surface area contributed by atoms with Crippen LogP contribution in [0.15, 0.2) is 48.5 Å². The zero-order valence-electron chi connectivity index (χ0n) is 9.95. The third-order valence-corrected chi connectivity index (χ3v) is 2.26. The second kappa shape index (κ2) is 5.77. The fourth-order valence-electron chi connectivity index (χ4n) is 1.36. The molecule has 98 valence electrons. The summed E-state index contributed by atoms with van der Waals surface area (Å²) >= 11 is 0. The molecule has 0 aliphatic carbocycles. The first-order valence-corrected chi connectivity index (χ1v) is 5.55. The van der Waals surface area contributed by atoms with E-state index in [4.69, 9.17) is 19.7 Å². The number of carbonyl (C=O) groups excluding carboxylic acids is 1. The maximum atomic E-state index is 11.5. The van der Waals surface area contributed by atoms with Gasteiger partial charge in [-0.1, -0.05) is 0 Å². The number of carbonyl (C=O) groups is 1. The van der Waals surface area contributed by atoms with Crippen molar-refractivity contribution in [2.24, 2.45) is 0 Å². The van der Waals surface area contributed by atoms with Crippen molar-refractivity contribution >= 4 is 5.97 Å². The van der Waals surface area contributed by atoms with Gasteiger partial charge in [0, 0.05) is 0 Å². The Kier molecular flexibility index (Phi) is 3.87. The van der Waals surface area contributed by atoms with Crippen molar-refractivity contribution in [3.63, 3.8) is 0 Å². The van der Waals surface area contributed by atoms with Gasteiger partial charge < -0.3 is 19.7 Å². The quantitative estimate of drug-likeness (QED) is 0.650. The first kappa shape index (κ1) is 12.8. The molecular weight excluding hydrogens is 248 g/mol. The third kappa shape index (κ3) is 3.92. The molecule has 5 nitrogen and oxygen atoms in total. The minimum absolute atomic E-state index is 0.0974. The van der Waals surface area contributed by atoms with E-state index < -0.39 is 5.97 Å². The van der Waals surface area contributed by atoms with Gasteiger partial charge in [-0.2, -0.15) is 0 Å². The lowest BCUT2D eigenvalue weighted by Gasteiger charge is -2.06. The van der Waals surface area contributed by atoms with Crippen molar-refractivity contribution in [2.45, 2.75) is 0 Å². The average Bonchev–Trinajstić information content (AvgIpc) is 2.41. The highest BCUT2D eigenvalue weighted by Gasteiger charge is 2.06. The van der Waals surface area contributed by atoms with E-state index in [1.54, 1.807) is 12.1 Å². The van der Waals surface area contributed by atoms with Gasteiger partial charge in [0.1, 0.15) is 23.0 Å². The minimum atomic E-state index is -0.557. The summed E-state index contributed by atoms with van der Waals surface area (Å²) in [5.74, 6) is 0.454. The van der Waals surface area contributed by atoms with Crippen LogP contribution in [0.4, 0.5) is 0 Å². The maximum Gasteiger partial charge on any atom is 0.349 e. The Bertz CT molecular complexity index is 545. The van der Waals surface area contributed by atoms with Crippen molar-refractivity contribution in [3.05, 3.63) is 48.5 Å². The molecule has 2 N–H and O–H groups in total. The molecule has 0 unspecified atom stereocenters. The fourth-order valence-corrected chi connectivity index (χ4v) is 1.36. The highest BCUT2D eigenvalue weighted by Crippen LogP contribution is 2.17. The van der Waals surface area contributed by atoms with Crippen LogP contribution in [-0.4, -0.2) is 22.8 Å². The maximum absolute atomic E-state index is 11.5. The summed E-state index contributed by atoms with van der Waals surface area (Å²) in [6.07, 6.45) is 0. The van der Waals surface area contributed by atoms with E-state index in [1.165, 1.54) is 36.4 Å². The number of phenols is 2. The van der Waals surface area contributed by atoms with Crippen LogP contribution in [-0.2, 0) is 4.79 Å². The second-order valence-electron chi connectivity index (χ2n) is 3.75. The first-order valence-electron chi connectivity index (χ1n) is 5.55. The SMILES string of the molecule is O=C(COc1ccc(O)cc1)Oc1ccc(O)cc1. The molecule has 0 atom stereocenters. The third-order valence-electron chi connectivity index (χ3n) is 2.26. The van der Waals surface area contributed by atoms with Crippen LogP contribution in [0.2, 0.25) is 0 Å². The lowest BCUT2D eigenvalue weighted by Crippen LogP contribution is -2.17. The topological polar surface area (TPSA) is 76.0 Å². The molecule has 0 spiro atoms. The largest absolute Gasteiger partial charge is 0.508 e. The molecule has 0 bridgehead atoms. The normalized spacial score (nSPS) is 9.89. The lowest BCUT2D eigenvalue weighted by molar-refractivity contribution is -0.136. The van der Waals surface area contributed by atoms with Crippen LogP contribution in [0, 0.1) is 0 Å². The van der Waals surface area contributed by atoms with Crippen LogP contribution >= 0.6 is 0 Å². The Morgan fingerprint density at radius 3 is 1.84 bits per heavy atom. The highest BCUT2D eigenvalue weighted by molar-refractivity contribution is 5.74. The molecule has 0 saturated heterocycles. The van der Waals surface area contributed by atoms with Gasteiger partial charge in [0.25, 0.3) is 0 Å². The van der Waals surface area contributed by atoms with Crippen molar-refractivity contribution < 1.29 is 24.5 Å². The predicted octanol–water partition coefficient (Wildman–Crippen LogP) is 2.08. The van der Waals surface area contributed by atoms with E-state index >= 15 is 0 Å². The van der Waals surface area contributed by atoms with E-state index in [-0.39, 0.29) is 18.1 Å². The molecule has 2 aromatic rings. The Balaban J connectivity index is 1.84. The summed E-state index contributed by atoms with van der Waals surface area (Å²) in [6.45, 7) is -0.244. The molecule has 5 heteroatoms. The van der Waals surface area contributed by atoms with Gasteiger partial charge in [0.15, 0.2) is 6.61 Å². The number of hydrogen-bond donors (Lipinski definition) is 2. The Hall–Kier alpha value is -2.69. The first-order chi connectivity index (χ1) is 9.13. The molecule has 0 heterocycles. The average molecular weight is 260 g/mol. The number of aromatic hydroxyl groups is 2. The zero-order valence-corrected chi connectivity index (χ0v) is 9.95. The van der Waals surface area contributed by atoms with Gasteiger partial charge in [-0.3, -0.25) is 0 Å². The smallest absolute Gasteiger partial charge is 0.349 e. The fraction of sp³-hybridized carbons (Fsp3) is 0.0714. The zero-order chi connectivity index (χ0) is 13.7. The van der Waals surface area contributed by atoms with Crippen LogP contribution in [0.3, 0.4) is 0 Å². The van der Waals surface area contributed by atoms with Gasteiger partial charge in [-0.05, 0) is 48.5 Å². The van der Waals surface area contributed by atoms with Gasteiger partial charge in [-0.25, -0.2) is 4.79 Å². The number of esters is 1. The lowest BCUT2D eigenvalue weighted by atomic mass is 10.3. The molecule has 19 heavy (non-hydrogen) atoms. The van der Waals surface area contributed by atoms with Crippen LogP contribution in [0.1, 0.15) is 0 Å². The molecule has 0 aliphatic heterocycles. The number of ether oxygens (including phenoxy) is 2. The number of phenolic OH excluding ortho intramolecular Hbond substituents is 2. The molecule has 0 fully saturated rings. The Morgan fingerprint density at radius 1 is 0.842 bits per heavy atom. The molecule has 2 aromatic carbocycles. The van der Waals surface area contributed by atoms with E-state index in [0.717, 1.165) is 0 Å². The van der Waals surface area contributed by atoms with E-state index in [0.29, 0.717) is 11.5 Å². The molecule has 0 saturated carbocycles. The molecule has 0 aromatic heterocycles. The van der Waals surface area contributed by atoms with Crippen LogP contribution in [0.25, 0.3) is 0 Å². The van der Waals surface area contributed by atoms with Crippen LogP contribution in [0.5, 0.6) is 23.0 Å². The number of rotatable bonds is 4. The monoisotopic (exact) mass is 260 g/mol. The highest BCUT2D eigenvalue weighted by atomic mass is 16.6. The molecule has 0 amide bonds. The summed E-state index contributed by atoms with van der Waals surface area (Å²) in [4.78, 5) is 11.5. The molecular formula is C14H12O5. The van der Waals surface area contributed by atoms with Crippen molar-refractivity contribution in [1.29, 1.82) is 0 Å². The van der Waals surface area contributed by atoms with E-state index in [2.05, 4.69) is 0 Å². The Morgan fingerprint density at radius 2 is 1.32 bits per heavy atom. The van der Waals surface area contributed by atoms with Gasteiger partial charge in [0.05, 0.1) is 0 Å². The summed E-state index contributed by atoms with van der Waals surface area (Å²) < 4.78 is 10.2.